The zero-order valence-electron chi connectivity index (χ0n) is 38.7. The van der Waals surface area contributed by atoms with Gasteiger partial charge in [0.15, 0.2) is 0 Å². The Morgan fingerprint density at radius 2 is 0.667 bits per heavy atom. The van der Waals surface area contributed by atoms with Crippen molar-refractivity contribution in [3.05, 3.63) is 0 Å². The van der Waals surface area contributed by atoms with Crippen molar-refractivity contribution in [1.29, 1.82) is 0 Å². The van der Waals surface area contributed by atoms with Crippen molar-refractivity contribution in [3.63, 3.8) is 0 Å². The maximum absolute atomic E-state index is 12.5. The molecule has 342 valence electrons. The minimum Gasteiger partial charge on any atom is -0.726 e. The lowest BCUT2D eigenvalue weighted by atomic mass is 10.0. The first kappa shape index (κ1) is 57.9. The van der Waals surface area contributed by atoms with Gasteiger partial charge in [-0.15, -0.1) is 0 Å². The summed E-state index contributed by atoms with van der Waals surface area (Å²) in [5, 5.41) is 0. The standard InChI is InChI=1S/C46H92NO4.CH4O4S/c1-7-9-11-13-15-17-19-21-23-25-27-29-31-33-35-37-45(48)50-41-39-47(43(3)4,44(5)6)40-42-51-46(49)38-36-34-32-30-28-26-24-22-20-18-16-14-12-10-8-2;1-5-6(2,3)4/h43-44H,7-42H2,1-6H3;1H3,(H,2,3,4)/q+1;/p-1. The summed E-state index contributed by atoms with van der Waals surface area (Å²) < 4.78 is 43.2. The van der Waals surface area contributed by atoms with E-state index < -0.39 is 10.4 Å². The third-order valence-corrected chi connectivity index (χ3v) is 12.2. The van der Waals surface area contributed by atoms with Gasteiger partial charge in [-0.25, -0.2) is 8.42 Å². The molecule has 0 amide bonds. The Morgan fingerprint density at radius 1 is 0.456 bits per heavy atom. The van der Waals surface area contributed by atoms with Crippen LogP contribution in [-0.2, 0) is 33.6 Å². The second-order valence-electron chi connectivity index (χ2n) is 17.2. The fourth-order valence-electron chi connectivity index (χ4n) is 7.83. The van der Waals surface area contributed by atoms with Gasteiger partial charge in [0.2, 0.25) is 10.4 Å². The Kier molecular flexibility index (Phi) is 42.1. The van der Waals surface area contributed by atoms with E-state index in [0.717, 1.165) is 50.4 Å². The molecular weight excluding hydrogens is 739 g/mol. The topological polar surface area (TPSA) is 119 Å². The number of hydrogen-bond donors (Lipinski definition) is 0. The van der Waals surface area contributed by atoms with E-state index in [9.17, 15) is 22.6 Å². The van der Waals surface area contributed by atoms with E-state index in [1.807, 2.05) is 0 Å². The highest BCUT2D eigenvalue weighted by Gasteiger charge is 2.35. The fraction of sp³-hybridized carbons (Fsp3) is 0.957. The Hall–Kier alpha value is -1.23. The number of carbonyl (C=O) groups excluding carboxylic acids is 2. The fourth-order valence-corrected chi connectivity index (χ4v) is 7.83. The summed E-state index contributed by atoms with van der Waals surface area (Å²) in [5.74, 6) is -0.129. The van der Waals surface area contributed by atoms with Crippen LogP contribution in [0, 0.1) is 0 Å². The molecule has 0 radical (unpaired) electrons. The molecule has 0 fully saturated rings. The van der Waals surface area contributed by atoms with E-state index in [1.165, 1.54) is 167 Å². The van der Waals surface area contributed by atoms with Crippen molar-refractivity contribution in [3.8, 4) is 0 Å². The molecule has 0 N–H and O–H groups in total. The first-order valence-corrected chi connectivity index (χ1v) is 25.4. The Bertz CT molecular complexity index is 926. The minimum absolute atomic E-state index is 0.0646. The van der Waals surface area contributed by atoms with Crippen LogP contribution < -0.4 is 0 Å². The van der Waals surface area contributed by atoms with E-state index in [2.05, 4.69) is 45.7 Å². The summed E-state index contributed by atoms with van der Waals surface area (Å²) in [5.41, 5.74) is 0. The second kappa shape index (κ2) is 41.5. The molecule has 0 aromatic carbocycles. The van der Waals surface area contributed by atoms with Crippen LogP contribution in [0.15, 0.2) is 0 Å². The molecule has 0 bridgehead atoms. The second-order valence-corrected chi connectivity index (χ2v) is 18.3. The van der Waals surface area contributed by atoms with Gasteiger partial charge in [-0.1, -0.05) is 194 Å². The SMILES string of the molecule is CCCCCCCCCCCCCCCCCC(=O)OCC[N+](CCOC(=O)CCCCCCCCCCCCCCCCC)(C(C)C)C(C)C.COS(=O)(=O)[O-]. The number of nitrogens with zero attached hydrogens (tertiary/aromatic N) is 1. The Morgan fingerprint density at radius 3 is 0.860 bits per heavy atom. The molecule has 0 unspecified atom stereocenters. The number of carbonyl (C=O) groups is 2. The van der Waals surface area contributed by atoms with Crippen molar-refractivity contribution >= 4 is 22.3 Å². The number of quaternary nitrogens is 1. The summed E-state index contributed by atoms with van der Waals surface area (Å²) in [6.07, 6.45) is 40.8. The largest absolute Gasteiger partial charge is 0.726 e. The molecule has 0 aromatic heterocycles. The van der Waals surface area contributed by atoms with E-state index in [4.69, 9.17) is 9.47 Å². The van der Waals surface area contributed by atoms with Crippen molar-refractivity contribution in [1.82, 2.24) is 0 Å². The molecule has 0 aromatic rings. The molecule has 0 aliphatic carbocycles. The van der Waals surface area contributed by atoms with Crippen molar-refractivity contribution in [2.75, 3.05) is 33.4 Å². The van der Waals surface area contributed by atoms with Crippen LogP contribution in [0.4, 0.5) is 0 Å². The molecule has 0 aliphatic rings. The summed E-state index contributed by atoms with van der Waals surface area (Å²) >= 11 is 0. The average Bonchev–Trinajstić information content (AvgIpc) is 3.17. The highest BCUT2D eigenvalue weighted by Crippen LogP contribution is 2.20. The van der Waals surface area contributed by atoms with Crippen molar-refractivity contribution < 1.29 is 40.7 Å². The van der Waals surface area contributed by atoms with Crippen LogP contribution in [0.3, 0.4) is 0 Å². The van der Waals surface area contributed by atoms with Crippen molar-refractivity contribution in [2.24, 2.45) is 0 Å². The smallest absolute Gasteiger partial charge is 0.305 e. The van der Waals surface area contributed by atoms with Gasteiger partial charge < -0.3 is 18.5 Å². The van der Waals surface area contributed by atoms with Crippen LogP contribution in [0.5, 0.6) is 0 Å². The number of esters is 2. The third-order valence-electron chi connectivity index (χ3n) is 11.8. The normalized spacial score (nSPS) is 11.9. The summed E-state index contributed by atoms with van der Waals surface area (Å²) in [4.78, 5) is 25.0. The van der Waals surface area contributed by atoms with E-state index in [1.54, 1.807) is 0 Å². The van der Waals surface area contributed by atoms with Gasteiger partial charge >= 0.3 is 11.9 Å². The van der Waals surface area contributed by atoms with Gasteiger partial charge in [0.1, 0.15) is 26.3 Å². The predicted molar refractivity (Wildman–Crippen MR) is 238 cm³/mol. The molecular formula is C47H95NO8S. The minimum atomic E-state index is -4.41. The van der Waals surface area contributed by atoms with E-state index >= 15 is 0 Å². The van der Waals surface area contributed by atoms with Crippen LogP contribution >= 0.6 is 0 Å². The van der Waals surface area contributed by atoms with Gasteiger partial charge in [-0.3, -0.25) is 13.8 Å². The molecule has 9 nitrogen and oxygen atoms in total. The van der Waals surface area contributed by atoms with E-state index in [-0.39, 0.29) is 11.9 Å². The van der Waals surface area contributed by atoms with Crippen LogP contribution in [0.2, 0.25) is 0 Å². The van der Waals surface area contributed by atoms with Gasteiger partial charge in [0.25, 0.3) is 0 Å². The number of ether oxygens (including phenoxy) is 2. The first-order valence-electron chi connectivity index (χ1n) is 24.0. The molecule has 0 rings (SSSR count). The first-order chi connectivity index (χ1) is 27.4. The highest BCUT2D eigenvalue weighted by atomic mass is 32.3. The van der Waals surface area contributed by atoms with Crippen molar-refractivity contribution in [2.45, 2.75) is 259 Å². The monoisotopic (exact) mass is 834 g/mol. The maximum atomic E-state index is 12.5. The molecule has 0 saturated carbocycles. The molecule has 0 saturated heterocycles. The lowest BCUT2D eigenvalue weighted by Crippen LogP contribution is -2.60. The molecule has 10 heteroatoms. The van der Waals surface area contributed by atoms with Gasteiger partial charge in [-0.05, 0) is 40.5 Å². The molecule has 0 spiro atoms. The molecule has 0 heterocycles. The zero-order chi connectivity index (χ0) is 42.9. The quantitative estimate of drug-likeness (QED) is 0.0196. The summed E-state index contributed by atoms with van der Waals surface area (Å²) in [7, 11) is -3.60. The van der Waals surface area contributed by atoms with Gasteiger partial charge in [-0.2, -0.15) is 0 Å². The molecule has 57 heavy (non-hydrogen) atoms. The Balaban J connectivity index is 0. The third kappa shape index (κ3) is 40.0. The highest BCUT2D eigenvalue weighted by molar-refractivity contribution is 7.80. The number of rotatable bonds is 41. The molecule has 0 atom stereocenters. The average molecular weight is 834 g/mol. The van der Waals surface area contributed by atoms with Gasteiger partial charge in [0.05, 0.1) is 19.2 Å². The van der Waals surface area contributed by atoms with Gasteiger partial charge in [0, 0.05) is 12.8 Å². The van der Waals surface area contributed by atoms with Crippen LogP contribution in [-0.4, -0.2) is 74.9 Å². The van der Waals surface area contributed by atoms with Crippen LogP contribution in [0.1, 0.15) is 247 Å². The number of hydrogen-bond acceptors (Lipinski definition) is 8. The lowest BCUT2D eigenvalue weighted by Gasteiger charge is -2.45. The lowest BCUT2D eigenvalue weighted by molar-refractivity contribution is -0.966. The number of unbranched alkanes of at least 4 members (excludes halogenated alkanes) is 28. The van der Waals surface area contributed by atoms with E-state index in [0.29, 0.717) is 38.1 Å². The Labute approximate surface area is 354 Å². The summed E-state index contributed by atoms with van der Waals surface area (Å²) in [6.45, 7) is 15.9. The molecule has 0 aliphatic heterocycles. The summed E-state index contributed by atoms with van der Waals surface area (Å²) in [6, 6.07) is 0.710. The maximum Gasteiger partial charge on any atom is 0.305 e. The zero-order valence-corrected chi connectivity index (χ0v) is 39.5. The van der Waals surface area contributed by atoms with Crippen LogP contribution in [0.25, 0.3) is 0 Å². The predicted octanol–water partition coefficient (Wildman–Crippen LogP) is 13.3.